The van der Waals surface area contributed by atoms with Gasteiger partial charge in [-0.2, -0.15) is 0 Å². The number of hydrogen-bond donors (Lipinski definition) is 0. The Balaban J connectivity index is 3.04. The van der Waals surface area contributed by atoms with Crippen LogP contribution >= 0.6 is 34.2 Å². The second-order valence-electron chi connectivity index (χ2n) is 2.54. The fourth-order valence-corrected chi connectivity index (χ4v) is 1.86. The van der Waals surface area contributed by atoms with Crippen molar-refractivity contribution < 1.29 is 4.39 Å². The van der Waals surface area contributed by atoms with Gasteiger partial charge in [-0.15, -0.1) is 0 Å². The summed E-state index contributed by atoms with van der Waals surface area (Å²) in [5.74, 6) is 0.724. The normalized spacial score (nSPS) is 10.8. The molecule has 0 aliphatic heterocycles. The quantitative estimate of drug-likeness (QED) is 0.727. The number of alkyl halides is 1. The molecule has 65 valence electrons. The SMILES string of the molecule is C[C](CF)c1cc(Cl)ccc1I. The molecule has 0 unspecified atom stereocenters. The minimum atomic E-state index is -0.420. The van der Waals surface area contributed by atoms with Gasteiger partial charge in [0, 0.05) is 14.5 Å². The Morgan fingerprint density at radius 3 is 2.83 bits per heavy atom. The summed E-state index contributed by atoms with van der Waals surface area (Å²) in [4.78, 5) is 0. The van der Waals surface area contributed by atoms with E-state index in [1.165, 1.54) is 0 Å². The lowest BCUT2D eigenvalue weighted by atomic mass is 10.0. The summed E-state index contributed by atoms with van der Waals surface area (Å²) in [5.41, 5.74) is 0.908. The Bertz CT molecular complexity index is 275. The van der Waals surface area contributed by atoms with Gasteiger partial charge in [-0.05, 0) is 46.4 Å². The summed E-state index contributed by atoms with van der Waals surface area (Å²) in [6.45, 7) is 1.35. The molecule has 0 atom stereocenters. The average Bonchev–Trinajstić information content (AvgIpc) is 2.08. The molecule has 0 aromatic heterocycles. The van der Waals surface area contributed by atoms with E-state index in [1.807, 2.05) is 6.07 Å². The molecule has 0 aliphatic rings. The van der Waals surface area contributed by atoms with Crippen molar-refractivity contribution in [2.75, 3.05) is 6.67 Å². The average molecular weight is 298 g/mol. The molecule has 1 aromatic carbocycles. The molecule has 0 saturated heterocycles. The maximum absolute atomic E-state index is 12.3. The van der Waals surface area contributed by atoms with Gasteiger partial charge in [0.25, 0.3) is 0 Å². The van der Waals surface area contributed by atoms with Gasteiger partial charge in [0.1, 0.15) is 0 Å². The Morgan fingerprint density at radius 2 is 2.25 bits per heavy atom. The molecule has 0 amide bonds. The van der Waals surface area contributed by atoms with Gasteiger partial charge >= 0.3 is 0 Å². The van der Waals surface area contributed by atoms with Crippen LogP contribution in [0, 0.1) is 9.49 Å². The van der Waals surface area contributed by atoms with Crippen molar-refractivity contribution in [1.29, 1.82) is 0 Å². The molecule has 3 heteroatoms. The van der Waals surface area contributed by atoms with Crippen molar-refractivity contribution in [1.82, 2.24) is 0 Å². The van der Waals surface area contributed by atoms with E-state index >= 15 is 0 Å². The van der Waals surface area contributed by atoms with Crippen LogP contribution in [0.15, 0.2) is 18.2 Å². The van der Waals surface area contributed by atoms with Gasteiger partial charge in [-0.1, -0.05) is 18.5 Å². The highest BCUT2D eigenvalue weighted by Crippen LogP contribution is 2.24. The Morgan fingerprint density at radius 1 is 1.58 bits per heavy atom. The van der Waals surface area contributed by atoms with Crippen LogP contribution in [-0.2, 0) is 0 Å². The number of hydrogen-bond acceptors (Lipinski definition) is 0. The highest BCUT2D eigenvalue weighted by atomic mass is 127. The summed E-state index contributed by atoms with van der Waals surface area (Å²) < 4.78 is 13.3. The first-order chi connectivity index (χ1) is 5.65. The third kappa shape index (κ3) is 2.33. The molecule has 0 nitrogen and oxygen atoms in total. The molecule has 0 N–H and O–H groups in total. The van der Waals surface area contributed by atoms with Crippen molar-refractivity contribution in [3.8, 4) is 0 Å². The zero-order chi connectivity index (χ0) is 9.14. The molecule has 0 saturated carbocycles. The lowest BCUT2D eigenvalue weighted by Gasteiger charge is -2.08. The van der Waals surface area contributed by atoms with Crippen LogP contribution < -0.4 is 0 Å². The highest BCUT2D eigenvalue weighted by molar-refractivity contribution is 14.1. The topological polar surface area (TPSA) is 0 Å². The first kappa shape index (κ1) is 10.3. The maximum Gasteiger partial charge on any atom is 0.0998 e. The number of halogens is 3. The molecule has 0 spiro atoms. The Hall–Kier alpha value is 0.170. The van der Waals surface area contributed by atoms with Gasteiger partial charge in [0.05, 0.1) is 6.67 Å². The third-order valence-electron chi connectivity index (χ3n) is 1.59. The molecule has 1 radical (unpaired) electrons. The highest BCUT2D eigenvalue weighted by Gasteiger charge is 2.09. The number of benzene rings is 1. The van der Waals surface area contributed by atoms with E-state index in [4.69, 9.17) is 11.6 Å². The lowest BCUT2D eigenvalue weighted by molar-refractivity contribution is 0.515. The zero-order valence-electron chi connectivity index (χ0n) is 6.57. The van der Waals surface area contributed by atoms with Crippen LogP contribution in [0.5, 0.6) is 0 Å². The summed E-state index contributed by atoms with van der Waals surface area (Å²) in [5, 5.41) is 0.651. The number of rotatable bonds is 2. The lowest BCUT2D eigenvalue weighted by Crippen LogP contribution is -1.99. The van der Waals surface area contributed by atoms with E-state index in [-0.39, 0.29) is 0 Å². The summed E-state index contributed by atoms with van der Waals surface area (Å²) >= 11 is 7.95. The van der Waals surface area contributed by atoms with Crippen molar-refractivity contribution >= 4 is 34.2 Å². The predicted octanol–water partition coefficient (Wildman–Crippen LogP) is 3.86. The monoisotopic (exact) mass is 297 g/mol. The van der Waals surface area contributed by atoms with Crippen molar-refractivity contribution in [3.63, 3.8) is 0 Å². The van der Waals surface area contributed by atoms with Crippen molar-refractivity contribution in [3.05, 3.63) is 38.3 Å². The molecule has 0 fully saturated rings. The largest absolute Gasteiger partial charge is 0.250 e. The summed E-state index contributed by atoms with van der Waals surface area (Å²) in [6, 6.07) is 5.48. The fourth-order valence-electron chi connectivity index (χ4n) is 0.897. The molecular formula is C9H8ClFI. The zero-order valence-corrected chi connectivity index (χ0v) is 9.49. The van der Waals surface area contributed by atoms with Crippen LogP contribution in [0.3, 0.4) is 0 Å². The van der Waals surface area contributed by atoms with Crippen molar-refractivity contribution in [2.45, 2.75) is 6.92 Å². The van der Waals surface area contributed by atoms with Gasteiger partial charge in [0.2, 0.25) is 0 Å². The maximum atomic E-state index is 12.3. The van der Waals surface area contributed by atoms with E-state index in [0.717, 1.165) is 15.1 Å². The van der Waals surface area contributed by atoms with Gasteiger partial charge in [0.15, 0.2) is 0 Å². The van der Waals surface area contributed by atoms with Crippen LogP contribution in [0.2, 0.25) is 5.02 Å². The van der Waals surface area contributed by atoms with Crippen LogP contribution in [0.1, 0.15) is 12.5 Å². The van der Waals surface area contributed by atoms with E-state index in [1.54, 1.807) is 19.1 Å². The van der Waals surface area contributed by atoms with Crippen LogP contribution in [-0.4, -0.2) is 6.67 Å². The molecule has 1 aromatic rings. The molecule has 0 aliphatic carbocycles. The minimum absolute atomic E-state index is 0.420. The fraction of sp³-hybridized carbons (Fsp3) is 0.222. The van der Waals surface area contributed by atoms with E-state index in [2.05, 4.69) is 22.6 Å². The van der Waals surface area contributed by atoms with E-state index < -0.39 is 6.67 Å². The van der Waals surface area contributed by atoms with Crippen LogP contribution in [0.4, 0.5) is 4.39 Å². The Kier molecular flexibility index (Phi) is 3.77. The van der Waals surface area contributed by atoms with E-state index in [9.17, 15) is 4.39 Å². The second kappa shape index (κ2) is 4.42. The van der Waals surface area contributed by atoms with Gasteiger partial charge in [-0.25, -0.2) is 0 Å². The first-order valence-corrected chi connectivity index (χ1v) is 4.94. The standard InChI is InChI=1S/C9H8ClFI/c1-6(5-11)8-4-7(10)2-3-9(8)12/h2-4H,5H2,1H3. The summed E-state index contributed by atoms with van der Waals surface area (Å²) in [7, 11) is 0. The smallest absolute Gasteiger partial charge is 0.0998 e. The van der Waals surface area contributed by atoms with Gasteiger partial charge < -0.3 is 0 Å². The second-order valence-corrected chi connectivity index (χ2v) is 4.14. The molecule has 12 heavy (non-hydrogen) atoms. The van der Waals surface area contributed by atoms with E-state index in [0.29, 0.717) is 5.02 Å². The molecule has 1 rings (SSSR count). The summed E-state index contributed by atoms with van der Waals surface area (Å²) in [6.07, 6.45) is 0. The van der Waals surface area contributed by atoms with Gasteiger partial charge in [-0.3, -0.25) is 4.39 Å². The minimum Gasteiger partial charge on any atom is -0.250 e. The predicted molar refractivity (Wildman–Crippen MR) is 58.2 cm³/mol. The third-order valence-corrected chi connectivity index (χ3v) is 2.76. The van der Waals surface area contributed by atoms with Crippen molar-refractivity contribution in [2.24, 2.45) is 0 Å². The Labute approximate surface area is 90.3 Å². The van der Waals surface area contributed by atoms with Crippen LogP contribution in [0.25, 0.3) is 0 Å². The molecule has 0 heterocycles. The molecular weight excluding hydrogens is 289 g/mol. The molecule has 0 bridgehead atoms. The first-order valence-electron chi connectivity index (χ1n) is 3.49.